The van der Waals surface area contributed by atoms with Crippen LogP contribution in [-0.4, -0.2) is 54.1 Å². The van der Waals surface area contributed by atoms with Gasteiger partial charge in [-0.15, -0.1) is 12.4 Å². The number of aryl methyl sites for hydroxylation is 1. The smallest absolute Gasteiger partial charge is 0.396 e. The Kier molecular flexibility index (Phi) is 10.0. The molecule has 2 aromatic carbocycles. The molecular formula is C31H31ClF7N3O3. The van der Waals surface area contributed by atoms with Gasteiger partial charge in [0.1, 0.15) is 5.82 Å². The fourth-order valence-electron chi connectivity index (χ4n) is 5.52. The predicted molar refractivity (Wildman–Crippen MR) is 155 cm³/mol. The number of aliphatic hydroxyl groups excluding tert-OH is 1. The third kappa shape index (κ3) is 6.94. The molecule has 1 aliphatic rings. The molecule has 0 aliphatic carbocycles. The fraction of sp³-hybridized carbons (Fsp3) is 0.387. The first-order chi connectivity index (χ1) is 20.3. The van der Waals surface area contributed by atoms with Gasteiger partial charge in [-0.25, -0.2) is 4.39 Å². The summed E-state index contributed by atoms with van der Waals surface area (Å²) in [5.41, 5.74) is -3.64. The van der Waals surface area contributed by atoms with Gasteiger partial charge in [0.05, 0.1) is 41.0 Å². The first kappa shape index (κ1) is 35.8. The maximum Gasteiger partial charge on any atom is 0.416 e. The van der Waals surface area contributed by atoms with Gasteiger partial charge in [-0.2, -0.15) is 26.3 Å². The van der Waals surface area contributed by atoms with Crippen LogP contribution in [0.4, 0.5) is 36.4 Å². The van der Waals surface area contributed by atoms with Gasteiger partial charge in [0.15, 0.2) is 0 Å². The molecule has 0 spiro atoms. The predicted octanol–water partition coefficient (Wildman–Crippen LogP) is 6.76. The topological polar surface area (TPSA) is 73.7 Å². The van der Waals surface area contributed by atoms with Crippen molar-refractivity contribution in [1.82, 2.24) is 9.88 Å². The lowest BCUT2D eigenvalue weighted by molar-refractivity contribution is -0.143. The van der Waals surface area contributed by atoms with Crippen LogP contribution in [0.25, 0.3) is 11.1 Å². The van der Waals surface area contributed by atoms with E-state index in [-0.39, 0.29) is 36.6 Å². The van der Waals surface area contributed by atoms with Crippen LogP contribution in [0.5, 0.6) is 0 Å². The number of hydrogen-bond donors (Lipinski definition) is 1. The number of rotatable bonds is 6. The van der Waals surface area contributed by atoms with E-state index in [0.29, 0.717) is 34.5 Å². The monoisotopic (exact) mass is 661 g/mol. The first-order valence-electron chi connectivity index (χ1n) is 13.5. The number of anilines is 1. The Morgan fingerprint density at radius 1 is 0.978 bits per heavy atom. The van der Waals surface area contributed by atoms with Crippen molar-refractivity contribution >= 4 is 29.9 Å². The Hall–Kier alpha value is -3.71. The number of aromatic nitrogens is 1. The van der Waals surface area contributed by atoms with Gasteiger partial charge in [0.2, 0.25) is 11.8 Å². The molecule has 3 aromatic rings. The molecule has 1 saturated heterocycles. The molecule has 1 aromatic heterocycles. The lowest BCUT2D eigenvalue weighted by Crippen LogP contribution is -2.42. The Labute approximate surface area is 261 Å². The molecule has 6 nitrogen and oxygen atoms in total. The van der Waals surface area contributed by atoms with Crippen molar-refractivity contribution in [2.45, 2.75) is 44.5 Å². The molecule has 4 rings (SSSR count). The highest BCUT2D eigenvalue weighted by molar-refractivity contribution is 6.03. The number of nitrogens with zero attached hydrogens (tertiary/aromatic N) is 3. The van der Waals surface area contributed by atoms with Gasteiger partial charge < -0.3 is 14.9 Å². The molecule has 244 valence electrons. The van der Waals surface area contributed by atoms with E-state index in [4.69, 9.17) is 0 Å². The van der Waals surface area contributed by atoms with Crippen LogP contribution in [0.2, 0.25) is 0 Å². The lowest BCUT2D eigenvalue weighted by atomic mass is 9.81. The number of aliphatic hydroxyl groups is 1. The number of halogens is 8. The molecule has 2 unspecified atom stereocenters. The Bertz CT molecular complexity index is 1580. The Morgan fingerprint density at radius 3 is 2.04 bits per heavy atom. The molecule has 2 heterocycles. The highest BCUT2D eigenvalue weighted by Gasteiger charge is 2.42. The van der Waals surface area contributed by atoms with E-state index >= 15 is 0 Å². The number of alkyl halides is 6. The summed E-state index contributed by atoms with van der Waals surface area (Å²) in [5.74, 6) is -2.95. The van der Waals surface area contributed by atoms with Crippen LogP contribution >= 0.6 is 12.4 Å². The van der Waals surface area contributed by atoms with E-state index in [2.05, 4.69) is 4.98 Å². The molecular weight excluding hydrogens is 631 g/mol. The normalized spacial score (nSPS) is 17.4. The molecule has 2 atom stereocenters. The largest absolute Gasteiger partial charge is 0.416 e. The zero-order valence-electron chi connectivity index (χ0n) is 24.8. The number of likely N-dealkylation sites (tertiary alicyclic amines) is 1. The van der Waals surface area contributed by atoms with Crippen molar-refractivity contribution in [2.24, 2.45) is 5.92 Å². The average molecular weight is 662 g/mol. The van der Waals surface area contributed by atoms with Crippen molar-refractivity contribution in [2.75, 3.05) is 32.1 Å². The molecule has 0 bridgehead atoms. The number of carbonyl (C=O) groups is 2. The molecule has 45 heavy (non-hydrogen) atoms. The van der Waals surface area contributed by atoms with E-state index < -0.39 is 64.6 Å². The number of benzene rings is 2. The van der Waals surface area contributed by atoms with Gasteiger partial charge >= 0.3 is 12.4 Å². The minimum absolute atomic E-state index is 0. The lowest BCUT2D eigenvalue weighted by Gasteiger charge is -2.32. The van der Waals surface area contributed by atoms with Gasteiger partial charge in [0, 0.05) is 37.8 Å². The van der Waals surface area contributed by atoms with Crippen LogP contribution in [0.15, 0.2) is 48.7 Å². The van der Waals surface area contributed by atoms with Crippen molar-refractivity contribution in [1.29, 1.82) is 0 Å². The van der Waals surface area contributed by atoms with E-state index in [1.165, 1.54) is 50.2 Å². The van der Waals surface area contributed by atoms with E-state index in [9.17, 15) is 45.4 Å². The number of pyridine rings is 1. The molecule has 0 saturated carbocycles. The van der Waals surface area contributed by atoms with E-state index in [1.807, 2.05) is 0 Å². The number of hydrogen-bond acceptors (Lipinski definition) is 4. The molecule has 1 fully saturated rings. The van der Waals surface area contributed by atoms with Crippen LogP contribution in [0.3, 0.4) is 0 Å². The summed E-state index contributed by atoms with van der Waals surface area (Å²) in [6.07, 6.45) is -8.89. The van der Waals surface area contributed by atoms with Gasteiger partial charge in [-0.3, -0.25) is 14.6 Å². The van der Waals surface area contributed by atoms with Crippen LogP contribution in [-0.2, 0) is 27.4 Å². The molecule has 1 aliphatic heterocycles. The van der Waals surface area contributed by atoms with Gasteiger partial charge in [-0.1, -0.05) is 6.07 Å². The van der Waals surface area contributed by atoms with E-state index in [1.54, 1.807) is 20.0 Å². The maximum atomic E-state index is 14.0. The Balaban J connectivity index is 0.00000552. The zero-order chi connectivity index (χ0) is 32.9. The van der Waals surface area contributed by atoms with Gasteiger partial charge in [-0.05, 0) is 73.9 Å². The third-order valence-corrected chi connectivity index (χ3v) is 8.12. The van der Waals surface area contributed by atoms with Crippen molar-refractivity contribution in [3.63, 3.8) is 0 Å². The SMILES string of the molecule is Cc1cc(F)ccc1-c1cc(C2CN(C)C(=O)C2CO)ncc1N(C)C(=O)C(C)(C)c1cc(C(F)(F)F)cc(C(F)(F)F)c1.Cl. The second-order valence-corrected chi connectivity index (χ2v) is 11.5. The molecule has 2 amide bonds. The number of likely N-dealkylation sites (N-methyl/N-ethyl adjacent to an activating group) is 2. The second-order valence-electron chi connectivity index (χ2n) is 11.5. The molecule has 1 N–H and O–H groups in total. The summed E-state index contributed by atoms with van der Waals surface area (Å²) >= 11 is 0. The number of amides is 2. The summed E-state index contributed by atoms with van der Waals surface area (Å²) in [6, 6.07) is 6.56. The highest BCUT2D eigenvalue weighted by Crippen LogP contribution is 2.42. The molecule has 14 heteroatoms. The maximum absolute atomic E-state index is 14.0. The van der Waals surface area contributed by atoms with Crippen LogP contribution in [0.1, 0.15) is 47.7 Å². The summed E-state index contributed by atoms with van der Waals surface area (Å²) in [6.45, 7) is 3.87. The third-order valence-electron chi connectivity index (χ3n) is 8.12. The van der Waals surface area contributed by atoms with Crippen molar-refractivity contribution in [3.8, 4) is 11.1 Å². The quantitative estimate of drug-likeness (QED) is 0.297. The minimum Gasteiger partial charge on any atom is -0.396 e. The zero-order valence-corrected chi connectivity index (χ0v) is 25.7. The van der Waals surface area contributed by atoms with E-state index in [0.717, 1.165) is 4.90 Å². The Morgan fingerprint density at radius 2 is 1.53 bits per heavy atom. The molecule has 0 radical (unpaired) electrons. The number of carbonyl (C=O) groups excluding carboxylic acids is 2. The summed E-state index contributed by atoms with van der Waals surface area (Å²) in [5, 5.41) is 9.89. The second kappa shape index (κ2) is 12.6. The minimum atomic E-state index is -5.10. The first-order valence-corrected chi connectivity index (χ1v) is 13.5. The summed E-state index contributed by atoms with van der Waals surface area (Å²) in [7, 11) is 2.89. The van der Waals surface area contributed by atoms with Gasteiger partial charge in [0.25, 0.3) is 0 Å². The summed E-state index contributed by atoms with van der Waals surface area (Å²) < 4.78 is 95.5. The van der Waals surface area contributed by atoms with Crippen LogP contribution < -0.4 is 4.90 Å². The fourth-order valence-corrected chi connectivity index (χ4v) is 5.52. The summed E-state index contributed by atoms with van der Waals surface area (Å²) in [4.78, 5) is 33.5. The van der Waals surface area contributed by atoms with Crippen LogP contribution in [0, 0.1) is 18.7 Å². The standard InChI is InChI=1S/C31H30F7N3O3.ClH/c1-16-8-20(32)6-7-21(16)22-12-25(23-14-40(4)27(43)24(23)15-42)39-13-26(22)41(5)28(44)29(2,3)17-9-18(30(33,34)35)11-19(10-17)31(36,37)38;/h6-13,23-24,42H,14-15H2,1-5H3;1H. The van der Waals surface area contributed by atoms with Crippen molar-refractivity contribution < 1.29 is 45.4 Å². The highest BCUT2D eigenvalue weighted by atomic mass is 35.5. The average Bonchev–Trinajstić information content (AvgIpc) is 3.23. The van der Waals surface area contributed by atoms with Crippen molar-refractivity contribution in [3.05, 3.63) is 82.4 Å².